The van der Waals surface area contributed by atoms with Gasteiger partial charge < -0.3 is 20.5 Å². The predicted molar refractivity (Wildman–Crippen MR) is 114 cm³/mol. The van der Waals surface area contributed by atoms with Crippen LogP contribution in [0.1, 0.15) is 55.6 Å². The van der Waals surface area contributed by atoms with Gasteiger partial charge in [0, 0.05) is 35.6 Å². The van der Waals surface area contributed by atoms with E-state index in [0.29, 0.717) is 6.42 Å². The Kier molecular flexibility index (Phi) is 5.74. The molecule has 1 aliphatic carbocycles. The van der Waals surface area contributed by atoms with Crippen LogP contribution in [0.25, 0.3) is 10.9 Å². The van der Waals surface area contributed by atoms with Gasteiger partial charge in [0.05, 0.1) is 0 Å². The molecule has 0 spiro atoms. The lowest BCUT2D eigenvalue weighted by atomic mass is 9.81. The molecule has 29 heavy (non-hydrogen) atoms. The van der Waals surface area contributed by atoms with E-state index in [1.54, 1.807) is 12.1 Å². The summed E-state index contributed by atoms with van der Waals surface area (Å²) < 4.78 is 0. The van der Waals surface area contributed by atoms with Crippen molar-refractivity contribution in [3.63, 3.8) is 0 Å². The lowest BCUT2D eigenvalue weighted by molar-refractivity contribution is -0.122. The van der Waals surface area contributed by atoms with Crippen molar-refractivity contribution in [3.05, 3.63) is 59.8 Å². The smallest absolute Gasteiger partial charge is 0.220 e. The van der Waals surface area contributed by atoms with Crippen LogP contribution in [0.15, 0.2) is 48.7 Å². The molecule has 1 aliphatic rings. The van der Waals surface area contributed by atoms with E-state index >= 15 is 0 Å². The third-order valence-corrected chi connectivity index (χ3v) is 6.07. The number of aromatic hydroxyl groups is 2. The maximum atomic E-state index is 12.4. The Balaban J connectivity index is 1.22. The molecule has 152 valence electrons. The number of amides is 1. The molecular weight excluding hydrogens is 364 g/mol. The molecule has 1 amide bonds. The highest BCUT2D eigenvalue weighted by Crippen LogP contribution is 2.38. The van der Waals surface area contributed by atoms with Gasteiger partial charge in [-0.15, -0.1) is 0 Å². The Bertz CT molecular complexity index is 987. The molecular formula is C24H28N2O3. The molecule has 2 aromatic carbocycles. The summed E-state index contributed by atoms with van der Waals surface area (Å²) >= 11 is 0. The Morgan fingerprint density at radius 2 is 1.86 bits per heavy atom. The van der Waals surface area contributed by atoms with Crippen LogP contribution >= 0.6 is 0 Å². The number of hydrogen-bond donors (Lipinski definition) is 4. The lowest BCUT2D eigenvalue weighted by Crippen LogP contribution is -2.37. The van der Waals surface area contributed by atoms with Gasteiger partial charge in [-0.25, -0.2) is 0 Å². The number of fused-ring (bicyclic) bond motifs is 1. The number of para-hydroxylation sites is 1. The highest BCUT2D eigenvalue weighted by Gasteiger charge is 2.25. The SMILES string of the molecule is O=C(CCCc1c[nH]c2ccccc12)NC1CCC(c2ccc(O)cc2O)CC1. The maximum Gasteiger partial charge on any atom is 0.220 e. The molecule has 0 aliphatic heterocycles. The van der Waals surface area contributed by atoms with Crippen LogP contribution in [0.5, 0.6) is 11.5 Å². The average Bonchev–Trinajstić information content (AvgIpc) is 3.12. The number of aromatic amines is 1. The first-order chi connectivity index (χ1) is 14.1. The second-order valence-corrected chi connectivity index (χ2v) is 8.07. The quantitative estimate of drug-likeness (QED) is 0.489. The molecule has 1 saturated carbocycles. The summed E-state index contributed by atoms with van der Waals surface area (Å²) in [7, 11) is 0. The summed E-state index contributed by atoms with van der Waals surface area (Å²) in [6.45, 7) is 0. The number of rotatable bonds is 6. The fourth-order valence-electron chi connectivity index (χ4n) is 4.50. The number of phenolic OH excluding ortho intramolecular Hbond substituents is 2. The van der Waals surface area contributed by atoms with Crippen molar-refractivity contribution in [2.24, 2.45) is 0 Å². The van der Waals surface area contributed by atoms with Crippen molar-refractivity contribution in [1.82, 2.24) is 10.3 Å². The first kappa shape index (κ1) is 19.4. The number of carbonyl (C=O) groups excluding carboxylic acids is 1. The van der Waals surface area contributed by atoms with Gasteiger partial charge in [0.25, 0.3) is 0 Å². The second kappa shape index (κ2) is 8.60. The van der Waals surface area contributed by atoms with E-state index in [4.69, 9.17) is 0 Å². The molecule has 1 fully saturated rings. The molecule has 5 heteroatoms. The van der Waals surface area contributed by atoms with Crippen molar-refractivity contribution in [2.75, 3.05) is 0 Å². The summed E-state index contributed by atoms with van der Waals surface area (Å²) in [6, 6.07) is 13.3. The first-order valence-electron chi connectivity index (χ1n) is 10.5. The molecule has 0 saturated heterocycles. The summed E-state index contributed by atoms with van der Waals surface area (Å²) in [4.78, 5) is 15.6. The van der Waals surface area contributed by atoms with Gasteiger partial charge in [-0.05, 0) is 67.7 Å². The maximum absolute atomic E-state index is 12.4. The minimum atomic E-state index is 0.0832. The van der Waals surface area contributed by atoms with Gasteiger partial charge in [-0.2, -0.15) is 0 Å². The molecule has 1 aromatic heterocycles. The van der Waals surface area contributed by atoms with Crippen molar-refractivity contribution in [1.29, 1.82) is 0 Å². The van der Waals surface area contributed by atoms with Crippen molar-refractivity contribution in [2.45, 2.75) is 56.9 Å². The fourth-order valence-corrected chi connectivity index (χ4v) is 4.50. The van der Waals surface area contributed by atoms with E-state index in [0.717, 1.165) is 49.6 Å². The lowest BCUT2D eigenvalue weighted by Gasteiger charge is -2.29. The van der Waals surface area contributed by atoms with Gasteiger partial charge in [0.2, 0.25) is 5.91 Å². The van der Waals surface area contributed by atoms with Crippen LogP contribution in [-0.2, 0) is 11.2 Å². The van der Waals surface area contributed by atoms with Gasteiger partial charge >= 0.3 is 0 Å². The number of aromatic nitrogens is 1. The molecule has 4 rings (SSSR count). The normalized spacial score (nSPS) is 19.3. The van der Waals surface area contributed by atoms with Crippen molar-refractivity contribution in [3.8, 4) is 11.5 Å². The van der Waals surface area contributed by atoms with Gasteiger partial charge in [-0.1, -0.05) is 24.3 Å². The number of H-pyrrole nitrogens is 1. The van der Waals surface area contributed by atoms with Crippen LogP contribution < -0.4 is 5.32 Å². The number of aryl methyl sites for hydroxylation is 1. The average molecular weight is 392 g/mol. The summed E-state index contributed by atoms with van der Waals surface area (Å²) in [5, 5.41) is 23.9. The Labute approximate surface area is 170 Å². The molecule has 0 bridgehead atoms. The molecule has 0 atom stereocenters. The van der Waals surface area contributed by atoms with E-state index < -0.39 is 0 Å². The van der Waals surface area contributed by atoms with Crippen molar-refractivity contribution < 1.29 is 15.0 Å². The number of hydrogen-bond acceptors (Lipinski definition) is 3. The van der Waals surface area contributed by atoms with Gasteiger partial charge in [0.15, 0.2) is 0 Å². The number of phenols is 2. The highest BCUT2D eigenvalue weighted by molar-refractivity contribution is 5.83. The van der Waals surface area contributed by atoms with Crippen LogP contribution in [0, 0.1) is 0 Å². The molecule has 3 aromatic rings. The largest absolute Gasteiger partial charge is 0.508 e. The third kappa shape index (κ3) is 4.56. The Morgan fingerprint density at radius 3 is 2.66 bits per heavy atom. The number of nitrogens with one attached hydrogen (secondary N) is 2. The zero-order valence-corrected chi connectivity index (χ0v) is 16.5. The zero-order valence-electron chi connectivity index (χ0n) is 16.5. The minimum Gasteiger partial charge on any atom is -0.508 e. The van der Waals surface area contributed by atoms with E-state index in [9.17, 15) is 15.0 Å². The Morgan fingerprint density at radius 1 is 1.07 bits per heavy atom. The monoisotopic (exact) mass is 392 g/mol. The zero-order chi connectivity index (χ0) is 20.2. The standard InChI is InChI=1S/C24H28N2O3/c27-19-12-13-21(23(28)14-19)16-8-10-18(11-9-16)26-24(29)7-3-4-17-15-25-22-6-2-1-5-20(17)22/h1-2,5-6,12-16,18,25,27-28H,3-4,7-11H2,(H,26,29). The molecule has 0 unspecified atom stereocenters. The summed E-state index contributed by atoms with van der Waals surface area (Å²) in [6.07, 6.45) is 8.01. The second-order valence-electron chi connectivity index (χ2n) is 8.07. The van der Waals surface area contributed by atoms with Crippen LogP contribution in [0.3, 0.4) is 0 Å². The first-order valence-corrected chi connectivity index (χ1v) is 10.5. The summed E-state index contributed by atoms with van der Waals surface area (Å²) in [5.74, 6) is 0.654. The van der Waals surface area contributed by atoms with E-state index in [1.165, 1.54) is 17.0 Å². The number of carbonyl (C=O) groups is 1. The summed E-state index contributed by atoms with van der Waals surface area (Å²) in [5.41, 5.74) is 3.30. The van der Waals surface area contributed by atoms with Crippen LogP contribution in [-0.4, -0.2) is 27.1 Å². The molecule has 0 radical (unpaired) electrons. The predicted octanol–water partition coefficient (Wildman–Crippen LogP) is 4.74. The fraction of sp³-hybridized carbons (Fsp3) is 0.375. The molecule has 4 N–H and O–H groups in total. The highest BCUT2D eigenvalue weighted by atomic mass is 16.3. The Hall–Kier alpha value is -2.95. The van der Waals surface area contributed by atoms with Gasteiger partial charge in [-0.3, -0.25) is 4.79 Å². The molecule has 1 heterocycles. The topological polar surface area (TPSA) is 85.4 Å². The minimum absolute atomic E-state index is 0.0832. The van der Waals surface area contributed by atoms with E-state index in [2.05, 4.69) is 22.4 Å². The van der Waals surface area contributed by atoms with Crippen LogP contribution in [0.2, 0.25) is 0 Å². The van der Waals surface area contributed by atoms with Gasteiger partial charge in [0.1, 0.15) is 11.5 Å². The van der Waals surface area contributed by atoms with Crippen LogP contribution in [0.4, 0.5) is 0 Å². The third-order valence-electron chi connectivity index (χ3n) is 6.07. The number of benzene rings is 2. The van der Waals surface area contributed by atoms with Crippen molar-refractivity contribution >= 4 is 16.8 Å². The van der Waals surface area contributed by atoms with E-state index in [-0.39, 0.29) is 29.4 Å². The van der Waals surface area contributed by atoms with E-state index in [1.807, 2.05) is 18.3 Å². The molecule has 5 nitrogen and oxygen atoms in total.